The molecule has 1 aromatic rings. The van der Waals surface area contributed by atoms with E-state index in [-0.39, 0.29) is 0 Å². The average molecular weight is 285 g/mol. The van der Waals surface area contributed by atoms with Gasteiger partial charge in [-0.15, -0.1) is 0 Å². The van der Waals surface area contributed by atoms with Gasteiger partial charge in [0.25, 0.3) is 0 Å². The molecule has 6 nitrogen and oxygen atoms in total. The molecule has 7 heteroatoms. The number of rotatable bonds is 7. The molecule has 0 saturated carbocycles. The van der Waals surface area contributed by atoms with E-state index in [2.05, 4.69) is 15.3 Å². The Morgan fingerprint density at radius 3 is 2.79 bits per heavy atom. The number of aromatic nitrogens is 2. The lowest BCUT2D eigenvalue weighted by Crippen LogP contribution is -2.15. The van der Waals surface area contributed by atoms with Gasteiger partial charge in [0.15, 0.2) is 0 Å². The Balaban J connectivity index is 2.61. The fraction of sp³-hybridized carbons (Fsp3) is 0.583. The molecule has 19 heavy (non-hydrogen) atoms. The molecule has 0 spiro atoms. The molecule has 0 aromatic carbocycles. The van der Waals surface area contributed by atoms with Crippen molar-refractivity contribution in [3.63, 3.8) is 0 Å². The minimum Gasteiger partial charge on any atom is -0.462 e. The molecule has 1 atom stereocenters. The fourth-order valence-electron chi connectivity index (χ4n) is 1.38. The molecule has 0 bridgehead atoms. The van der Waals surface area contributed by atoms with Crippen LogP contribution >= 0.6 is 0 Å². The first-order chi connectivity index (χ1) is 9.08. The molecule has 1 N–H and O–H groups in total. The van der Waals surface area contributed by atoms with Gasteiger partial charge in [-0.1, -0.05) is 6.92 Å². The van der Waals surface area contributed by atoms with E-state index in [1.165, 1.54) is 6.20 Å². The van der Waals surface area contributed by atoms with Crippen molar-refractivity contribution >= 4 is 22.7 Å². The second-order valence-electron chi connectivity index (χ2n) is 3.77. The van der Waals surface area contributed by atoms with Crippen LogP contribution in [-0.2, 0) is 15.5 Å². The molecule has 0 radical (unpaired) electrons. The maximum absolute atomic E-state index is 11.6. The number of esters is 1. The predicted molar refractivity (Wildman–Crippen MR) is 74.8 cm³/mol. The van der Waals surface area contributed by atoms with Crippen molar-refractivity contribution in [2.45, 2.75) is 20.8 Å². The van der Waals surface area contributed by atoms with Gasteiger partial charge in [-0.25, -0.2) is 14.8 Å². The van der Waals surface area contributed by atoms with Crippen LogP contribution in [0.4, 0.5) is 5.95 Å². The van der Waals surface area contributed by atoms with Gasteiger partial charge in [0.2, 0.25) is 5.95 Å². The summed E-state index contributed by atoms with van der Waals surface area (Å²) in [6.45, 7) is 6.21. The SMILES string of the molecule is CCOC(=O)c1cnc(NCCS(=O)CC)nc1C. The van der Waals surface area contributed by atoms with Gasteiger partial charge < -0.3 is 10.1 Å². The summed E-state index contributed by atoms with van der Waals surface area (Å²) in [5.41, 5.74) is 0.928. The first-order valence-electron chi connectivity index (χ1n) is 6.18. The van der Waals surface area contributed by atoms with Gasteiger partial charge in [-0.05, 0) is 13.8 Å². The van der Waals surface area contributed by atoms with Crippen LogP contribution in [0.3, 0.4) is 0 Å². The van der Waals surface area contributed by atoms with Gasteiger partial charge in [-0.3, -0.25) is 4.21 Å². The van der Waals surface area contributed by atoms with Crippen molar-refractivity contribution in [2.75, 3.05) is 30.0 Å². The minimum atomic E-state index is -0.813. The highest BCUT2D eigenvalue weighted by Gasteiger charge is 2.12. The minimum absolute atomic E-state index is 0.321. The standard InChI is InChI=1S/C12H19N3O3S/c1-4-18-11(16)10-8-14-12(15-9(10)3)13-6-7-19(17)5-2/h8H,4-7H2,1-3H3,(H,13,14,15). The van der Waals surface area contributed by atoms with E-state index in [9.17, 15) is 9.00 Å². The van der Waals surface area contributed by atoms with Gasteiger partial charge in [0.1, 0.15) is 0 Å². The third kappa shape index (κ3) is 4.94. The zero-order chi connectivity index (χ0) is 14.3. The molecule has 1 heterocycles. The molecular weight excluding hydrogens is 266 g/mol. The number of ether oxygens (including phenoxy) is 1. The van der Waals surface area contributed by atoms with E-state index in [4.69, 9.17) is 4.74 Å². The highest BCUT2D eigenvalue weighted by Crippen LogP contribution is 2.08. The highest BCUT2D eigenvalue weighted by molar-refractivity contribution is 7.84. The molecule has 0 aliphatic carbocycles. The van der Waals surface area contributed by atoms with Crippen molar-refractivity contribution in [3.05, 3.63) is 17.5 Å². The van der Waals surface area contributed by atoms with Crippen LogP contribution < -0.4 is 5.32 Å². The molecular formula is C12H19N3O3S. The number of aryl methyl sites for hydroxylation is 1. The Morgan fingerprint density at radius 1 is 1.47 bits per heavy atom. The zero-order valence-electron chi connectivity index (χ0n) is 11.4. The summed E-state index contributed by atoms with van der Waals surface area (Å²) in [4.78, 5) is 19.8. The number of carbonyl (C=O) groups is 1. The number of hydrogen-bond acceptors (Lipinski definition) is 6. The van der Waals surface area contributed by atoms with Crippen LogP contribution in [-0.4, -0.2) is 44.8 Å². The monoisotopic (exact) mass is 285 g/mol. The predicted octanol–water partition coefficient (Wildman–Crippen LogP) is 1.14. The van der Waals surface area contributed by atoms with Gasteiger partial charge in [-0.2, -0.15) is 0 Å². The Kier molecular flexibility index (Phi) is 6.41. The van der Waals surface area contributed by atoms with Crippen LogP contribution in [0.1, 0.15) is 29.9 Å². The molecule has 0 fully saturated rings. The first kappa shape index (κ1) is 15.6. The lowest BCUT2D eigenvalue weighted by Gasteiger charge is -2.07. The van der Waals surface area contributed by atoms with Crippen LogP contribution in [0.15, 0.2) is 6.20 Å². The number of carbonyl (C=O) groups excluding carboxylic acids is 1. The molecule has 0 aliphatic rings. The summed E-state index contributed by atoms with van der Waals surface area (Å²) in [6, 6.07) is 0. The molecule has 1 aromatic heterocycles. The molecule has 106 valence electrons. The molecule has 1 unspecified atom stereocenters. The Hall–Kier alpha value is -1.50. The number of anilines is 1. The lowest BCUT2D eigenvalue weighted by molar-refractivity contribution is 0.0524. The first-order valence-corrected chi connectivity index (χ1v) is 7.66. The zero-order valence-corrected chi connectivity index (χ0v) is 12.2. The number of nitrogens with one attached hydrogen (secondary N) is 1. The van der Waals surface area contributed by atoms with Crippen LogP contribution in [0.5, 0.6) is 0 Å². The van der Waals surface area contributed by atoms with E-state index in [1.54, 1.807) is 13.8 Å². The quantitative estimate of drug-likeness (QED) is 0.757. The average Bonchev–Trinajstić information content (AvgIpc) is 2.38. The Bertz CT molecular complexity index is 466. The van der Waals surface area contributed by atoms with E-state index in [0.717, 1.165) is 0 Å². The largest absolute Gasteiger partial charge is 0.462 e. The normalized spacial score (nSPS) is 11.9. The summed E-state index contributed by atoms with van der Waals surface area (Å²) in [5, 5.41) is 2.98. The fourth-order valence-corrected chi connectivity index (χ4v) is 2.00. The second-order valence-corrected chi connectivity index (χ2v) is 5.64. The third-order valence-corrected chi connectivity index (χ3v) is 3.71. The summed E-state index contributed by atoms with van der Waals surface area (Å²) < 4.78 is 16.1. The topological polar surface area (TPSA) is 81.2 Å². The van der Waals surface area contributed by atoms with E-state index in [1.807, 2.05) is 6.92 Å². The van der Waals surface area contributed by atoms with Crippen molar-refractivity contribution in [1.82, 2.24) is 9.97 Å². The Labute approximate surface area is 115 Å². The summed E-state index contributed by atoms with van der Waals surface area (Å²) in [7, 11) is -0.813. The second kappa shape index (κ2) is 7.83. The van der Waals surface area contributed by atoms with Gasteiger partial charge >= 0.3 is 5.97 Å². The van der Waals surface area contributed by atoms with Crippen molar-refractivity contribution in [3.8, 4) is 0 Å². The molecule has 1 rings (SSSR count). The molecule has 0 amide bonds. The van der Waals surface area contributed by atoms with Crippen molar-refractivity contribution < 1.29 is 13.7 Å². The maximum Gasteiger partial charge on any atom is 0.341 e. The maximum atomic E-state index is 11.6. The van der Waals surface area contributed by atoms with E-state index < -0.39 is 16.8 Å². The Morgan fingerprint density at radius 2 is 2.21 bits per heavy atom. The lowest BCUT2D eigenvalue weighted by atomic mass is 10.2. The van der Waals surface area contributed by atoms with Crippen LogP contribution in [0.2, 0.25) is 0 Å². The smallest absolute Gasteiger partial charge is 0.341 e. The summed E-state index contributed by atoms with van der Waals surface area (Å²) in [6.07, 6.45) is 1.44. The van der Waals surface area contributed by atoms with Gasteiger partial charge in [0, 0.05) is 35.0 Å². The third-order valence-electron chi connectivity index (χ3n) is 2.41. The van der Waals surface area contributed by atoms with Gasteiger partial charge in [0.05, 0.1) is 17.9 Å². The van der Waals surface area contributed by atoms with E-state index >= 15 is 0 Å². The van der Waals surface area contributed by atoms with Crippen molar-refractivity contribution in [1.29, 1.82) is 0 Å². The highest BCUT2D eigenvalue weighted by atomic mass is 32.2. The molecule has 0 saturated heterocycles. The number of hydrogen-bond donors (Lipinski definition) is 1. The van der Waals surface area contributed by atoms with Crippen molar-refractivity contribution in [2.24, 2.45) is 0 Å². The summed E-state index contributed by atoms with van der Waals surface area (Å²) in [5.74, 6) is 1.21. The van der Waals surface area contributed by atoms with Crippen LogP contribution in [0, 0.1) is 6.92 Å². The molecule has 0 aliphatic heterocycles. The van der Waals surface area contributed by atoms with Crippen LogP contribution in [0.25, 0.3) is 0 Å². The van der Waals surface area contributed by atoms with E-state index in [0.29, 0.717) is 41.9 Å². The number of nitrogens with zero attached hydrogens (tertiary/aromatic N) is 2. The summed E-state index contributed by atoms with van der Waals surface area (Å²) >= 11 is 0.